The third-order valence-electron chi connectivity index (χ3n) is 2.56. The van der Waals surface area contributed by atoms with E-state index in [0.717, 1.165) is 0 Å². The zero-order valence-electron chi connectivity index (χ0n) is 11.3. The van der Waals surface area contributed by atoms with Gasteiger partial charge in [0.1, 0.15) is 17.4 Å². The highest BCUT2D eigenvalue weighted by Gasteiger charge is 2.16. The SMILES string of the molecule is CC(=O)Nc1ccc(OC(C)=O)c2ncn(C(C)=O)c12. The highest BCUT2D eigenvalue weighted by molar-refractivity contribution is 6.04. The quantitative estimate of drug-likeness (QED) is 0.663. The Kier molecular flexibility index (Phi) is 3.51. The molecule has 7 nitrogen and oxygen atoms in total. The van der Waals surface area contributed by atoms with Gasteiger partial charge in [-0.25, -0.2) is 4.98 Å². The lowest BCUT2D eigenvalue weighted by molar-refractivity contribution is -0.131. The van der Waals surface area contributed by atoms with Gasteiger partial charge in [0, 0.05) is 20.8 Å². The van der Waals surface area contributed by atoms with E-state index in [2.05, 4.69) is 10.3 Å². The molecule has 2 rings (SSSR count). The molecule has 0 unspecified atom stereocenters. The van der Waals surface area contributed by atoms with Crippen molar-refractivity contribution in [3.63, 3.8) is 0 Å². The number of anilines is 1. The zero-order valence-corrected chi connectivity index (χ0v) is 11.3. The average Bonchev–Trinajstić information content (AvgIpc) is 2.76. The first-order valence-electron chi connectivity index (χ1n) is 5.87. The van der Waals surface area contributed by atoms with Gasteiger partial charge in [-0.3, -0.25) is 19.0 Å². The summed E-state index contributed by atoms with van der Waals surface area (Å²) in [4.78, 5) is 37.9. The maximum Gasteiger partial charge on any atom is 0.308 e. The van der Waals surface area contributed by atoms with Crippen LogP contribution in [0.1, 0.15) is 25.6 Å². The summed E-state index contributed by atoms with van der Waals surface area (Å²) in [6.45, 7) is 4.01. The van der Waals surface area contributed by atoms with Crippen LogP contribution >= 0.6 is 0 Å². The molecule has 1 aromatic carbocycles. The Morgan fingerprint density at radius 2 is 1.90 bits per heavy atom. The second-order valence-electron chi connectivity index (χ2n) is 4.22. The van der Waals surface area contributed by atoms with Gasteiger partial charge in [-0.1, -0.05) is 0 Å². The fraction of sp³-hybridized carbons (Fsp3) is 0.231. The number of rotatable bonds is 2. The minimum absolute atomic E-state index is 0.238. The molecule has 0 saturated carbocycles. The highest BCUT2D eigenvalue weighted by atomic mass is 16.5. The van der Waals surface area contributed by atoms with Gasteiger partial charge in [-0.05, 0) is 12.1 Å². The molecule has 0 atom stereocenters. The molecule has 0 fully saturated rings. The van der Waals surface area contributed by atoms with Crippen LogP contribution in [0, 0.1) is 0 Å². The molecule has 2 aromatic rings. The zero-order chi connectivity index (χ0) is 14.9. The largest absolute Gasteiger partial charge is 0.424 e. The number of carbonyl (C=O) groups is 3. The fourth-order valence-electron chi connectivity index (χ4n) is 1.87. The van der Waals surface area contributed by atoms with E-state index in [1.54, 1.807) is 6.07 Å². The molecule has 1 heterocycles. The van der Waals surface area contributed by atoms with E-state index < -0.39 is 5.97 Å². The Hall–Kier alpha value is -2.70. The number of nitrogens with one attached hydrogen (secondary N) is 1. The van der Waals surface area contributed by atoms with Gasteiger partial charge >= 0.3 is 5.97 Å². The third-order valence-corrected chi connectivity index (χ3v) is 2.56. The molecule has 0 aliphatic carbocycles. The van der Waals surface area contributed by atoms with Crippen LogP contribution in [-0.2, 0) is 9.59 Å². The molecular formula is C13H13N3O4. The van der Waals surface area contributed by atoms with Gasteiger partial charge in [-0.2, -0.15) is 0 Å². The molecule has 1 N–H and O–H groups in total. The van der Waals surface area contributed by atoms with E-state index in [1.165, 1.54) is 37.7 Å². The normalized spacial score (nSPS) is 10.3. The first-order chi connectivity index (χ1) is 9.40. The second-order valence-corrected chi connectivity index (χ2v) is 4.22. The number of benzene rings is 1. The molecule has 0 radical (unpaired) electrons. The van der Waals surface area contributed by atoms with E-state index in [9.17, 15) is 14.4 Å². The van der Waals surface area contributed by atoms with Crippen molar-refractivity contribution in [2.75, 3.05) is 5.32 Å². The third kappa shape index (κ3) is 2.51. The Morgan fingerprint density at radius 1 is 1.20 bits per heavy atom. The van der Waals surface area contributed by atoms with Crippen LogP contribution in [0.15, 0.2) is 18.5 Å². The smallest absolute Gasteiger partial charge is 0.308 e. The summed E-state index contributed by atoms with van der Waals surface area (Å²) in [7, 11) is 0. The molecule has 104 valence electrons. The Bertz CT molecular complexity index is 718. The van der Waals surface area contributed by atoms with Crippen LogP contribution in [0.2, 0.25) is 0 Å². The number of imidazole rings is 1. The number of amides is 1. The van der Waals surface area contributed by atoms with E-state index in [-0.39, 0.29) is 17.6 Å². The molecule has 0 spiro atoms. The van der Waals surface area contributed by atoms with Crippen LogP contribution in [-0.4, -0.2) is 27.3 Å². The van der Waals surface area contributed by atoms with Crippen molar-refractivity contribution >= 4 is 34.5 Å². The number of aromatic nitrogens is 2. The van der Waals surface area contributed by atoms with Crippen LogP contribution < -0.4 is 10.1 Å². The summed E-state index contributed by atoms with van der Waals surface area (Å²) in [6, 6.07) is 3.08. The van der Waals surface area contributed by atoms with Crippen molar-refractivity contribution in [3.05, 3.63) is 18.5 Å². The molecule has 0 saturated heterocycles. The molecule has 7 heteroatoms. The maximum atomic E-state index is 11.6. The fourth-order valence-corrected chi connectivity index (χ4v) is 1.87. The molecular weight excluding hydrogens is 262 g/mol. The van der Waals surface area contributed by atoms with Crippen LogP contribution in [0.3, 0.4) is 0 Å². The summed E-state index contributed by atoms with van der Waals surface area (Å²) in [5.74, 6) is -0.792. The number of hydrogen-bond acceptors (Lipinski definition) is 5. The topological polar surface area (TPSA) is 90.3 Å². The first kappa shape index (κ1) is 13.7. The summed E-state index contributed by atoms with van der Waals surface area (Å²) in [6.07, 6.45) is 1.32. The Balaban J connectivity index is 2.69. The minimum atomic E-state index is -0.490. The molecule has 0 aliphatic heterocycles. The summed E-state index contributed by atoms with van der Waals surface area (Å²) in [5, 5.41) is 2.62. The molecule has 0 bridgehead atoms. The summed E-state index contributed by atoms with van der Waals surface area (Å²) in [5.41, 5.74) is 1.16. The monoisotopic (exact) mass is 275 g/mol. The number of carbonyl (C=O) groups excluding carboxylic acids is 3. The van der Waals surface area contributed by atoms with E-state index in [1.807, 2.05) is 0 Å². The minimum Gasteiger partial charge on any atom is -0.424 e. The number of ether oxygens (including phenoxy) is 1. The predicted molar refractivity (Wildman–Crippen MR) is 71.6 cm³/mol. The van der Waals surface area contributed by atoms with Crippen molar-refractivity contribution in [2.45, 2.75) is 20.8 Å². The lowest BCUT2D eigenvalue weighted by atomic mass is 10.2. The van der Waals surface area contributed by atoms with Crippen molar-refractivity contribution in [1.29, 1.82) is 0 Å². The molecule has 1 aromatic heterocycles. The van der Waals surface area contributed by atoms with Crippen molar-refractivity contribution in [1.82, 2.24) is 9.55 Å². The van der Waals surface area contributed by atoms with E-state index >= 15 is 0 Å². The van der Waals surface area contributed by atoms with Crippen LogP contribution in [0.4, 0.5) is 5.69 Å². The summed E-state index contributed by atoms with van der Waals surface area (Å²) < 4.78 is 6.33. The van der Waals surface area contributed by atoms with E-state index in [4.69, 9.17) is 4.74 Å². The van der Waals surface area contributed by atoms with Gasteiger partial charge in [0.25, 0.3) is 0 Å². The number of fused-ring (bicyclic) bond motifs is 1. The van der Waals surface area contributed by atoms with Gasteiger partial charge in [0.05, 0.1) is 5.69 Å². The van der Waals surface area contributed by atoms with E-state index in [0.29, 0.717) is 16.7 Å². The molecule has 1 amide bonds. The summed E-state index contributed by atoms with van der Waals surface area (Å²) >= 11 is 0. The lowest BCUT2D eigenvalue weighted by Gasteiger charge is -2.09. The van der Waals surface area contributed by atoms with Gasteiger partial charge in [0.15, 0.2) is 5.75 Å². The van der Waals surface area contributed by atoms with Crippen LogP contribution in [0.25, 0.3) is 11.0 Å². The van der Waals surface area contributed by atoms with Gasteiger partial charge in [0.2, 0.25) is 11.8 Å². The van der Waals surface area contributed by atoms with Crippen LogP contribution in [0.5, 0.6) is 5.75 Å². The predicted octanol–water partition coefficient (Wildman–Crippen LogP) is 1.58. The molecule has 0 aliphatic rings. The van der Waals surface area contributed by atoms with Crippen molar-refractivity contribution in [3.8, 4) is 5.75 Å². The lowest BCUT2D eigenvalue weighted by Crippen LogP contribution is -2.10. The molecule has 20 heavy (non-hydrogen) atoms. The standard InChI is InChI=1S/C13H13N3O4/c1-7(17)15-10-4-5-11(20-9(3)19)12-13(10)16(6-14-12)8(2)18/h4-6H,1-3H3,(H,15,17). The Morgan fingerprint density at radius 3 is 2.45 bits per heavy atom. The number of hydrogen-bond donors (Lipinski definition) is 1. The van der Waals surface area contributed by atoms with Gasteiger partial charge in [-0.15, -0.1) is 0 Å². The van der Waals surface area contributed by atoms with Gasteiger partial charge < -0.3 is 10.1 Å². The van der Waals surface area contributed by atoms with Crippen molar-refractivity contribution < 1.29 is 19.1 Å². The van der Waals surface area contributed by atoms with Crippen molar-refractivity contribution in [2.24, 2.45) is 0 Å². The highest BCUT2D eigenvalue weighted by Crippen LogP contribution is 2.31. The average molecular weight is 275 g/mol. The maximum absolute atomic E-state index is 11.6. The second kappa shape index (κ2) is 5.12. The number of nitrogens with zero attached hydrogens (tertiary/aromatic N) is 2. The first-order valence-corrected chi connectivity index (χ1v) is 5.87. The number of esters is 1. The Labute approximate surface area is 114 Å².